The molecule has 0 aliphatic rings. The summed E-state index contributed by atoms with van der Waals surface area (Å²) in [7, 11) is -4.35. The fourth-order valence-corrected chi connectivity index (χ4v) is 4.77. The van der Waals surface area contributed by atoms with E-state index < -0.39 is 28.0 Å². The van der Waals surface area contributed by atoms with Gasteiger partial charge in [0.1, 0.15) is 0 Å². The Morgan fingerprint density at radius 1 is 0.683 bits per heavy atom. The number of hydrogen-bond donors (Lipinski definition) is 3. The van der Waals surface area contributed by atoms with Crippen molar-refractivity contribution in [2.75, 3.05) is 5.75 Å². The van der Waals surface area contributed by atoms with E-state index in [9.17, 15) is 22.9 Å². The van der Waals surface area contributed by atoms with Gasteiger partial charge in [-0.15, -0.1) is 0 Å². The van der Waals surface area contributed by atoms with Crippen LogP contribution in [-0.2, 0) is 14.9 Å². The van der Waals surface area contributed by atoms with Crippen LogP contribution >= 0.6 is 0 Å². The molecular weight excluding hydrogens is 534 g/mol. The minimum atomic E-state index is -4.35. The predicted molar refractivity (Wildman–Crippen MR) is 174 cm³/mol. The minimum Gasteiger partial charge on any atom is -0.387 e. The van der Waals surface area contributed by atoms with Crippen LogP contribution in [0.4, 0.5) is 0 Å². The van der Waals surface area contributed by atoms with E-state index in [4.69, 9.17) is 0 Å². The topological polar surface area (TPSA) is 104 Å². The summed E-state index contributed by atoms with van der Waals surface area (Å²) in [4.78, 5) is 12.4. The highest BCUT2D eigenvalue weighted by molar-refractivity contribution is 7.85. The first-order valence-corrected chi connectivity index (χ1v) is 17.2. The Morgan fingerprint density at radius 3 is 1.80 bits per heavy atom. The number of unbranched alkanes of at least 4 members (excludes halogenated alkanes) is 8. The number of carbonyl (C=O) groups is 1. The summed E-state index contributed by atoms with van der Waals surface area (Å²) in [6, 6.07) is -1.09. The van der Waals surface area contributed by atoms with Crippen molar-refractivity contribution in [3.63, 3.8) is 0 Å². The van der Waals surface area contributed by atoms with Gasteiger partial charge in [0, 0.05) is 6.42 Å². The predicted octanol–water partition coefficient (Wildman–Crippen LogP) is 8.34. The van der Waals surface area contributed by atoms with Gasteiger partial charge in [-0.2, -0.15) is 8.42 Å². The molecule has 0 aromatic rings. The Labute approximate surface area is 251 Å². The molecule has 0 radical (unpaired) electrons. The average Bonchev–Trinajstić information content (AvgIpc) is 2.92. The molecule has 41 heavy (non-hydrogen) atoms. The molecule has 0 fully saturated rings. The van der Waals surface area contributed by atoms with Crippen LogP contribution in [0, 0.1) is 0 Å². The standard InChI is InChI=1S/C34H57NO5S/c1-3-5-7-9-11-13-14-15-16-17-18-19-20-22-24-26-28-30-34(37)35-32(31-41(38,39)40)33(36)29-27-25-23-21-12-10-8-6-4-2/h5,7,11-13,15-16,18-19,21,27,29,32-33,36H,3-4,6,8-10,14,17,20,22-26,28,30-31H2,1-2H3,(H,35,37)(H,38,39,40)/b7-5-,13-11-,16-15-,19-18-,21-12+,29-27+. The third-order valence-electron chi connectivity index (χ3n) is 6.37. The largest absolute Gasteiger partial charge is 0.387 e. The van der Waals surface area contributed by atoms with Gasteiger partial charge in [0.15, 0.2) is 0 Å². The van der Waals surface area contributed by atoms with Crippen LogP contribution in [0.15, 0.2) is 72.9 Å². The Hall–Kier alpha value is -2.22. The number of amides is 1. The van der Waals surface area contributed by atoms with E-state index in [1.807, 2.05) is 0 Å². The van der Waals surface area contributed by atoms with E-state index in [2.05, 4.69) is 79.9 Å². The molecule has 0 aliphatic carbocycles. The van der Waals surface area contributed by atoms with Crippen molar-refractivity contribution in [2.45, 2.75) is 129 Å². The summed E-state index contributed by atoms with van der Waals surface area (Å²) in [5, 5.41) is 13.0. The SMILES string of the molecule is CC/C=C\C/C=C\C/C=C\C/C=C\CCCCCCC(=O)NC(CS(=O)(=O)O)C(O)/C=C/CC/C=C/CCCCC. The summed E-state index contributed by atoms with van der Waals surface area (Å²) < 4.78 is 32.1. The second-order valence-electron chi connectivity index (χ2n) is 10.3. The number of aliphatic hydroxyl groups is 1. The van der Waals surface area contributed by atoms with Crippen molar-refractivity contribution in [1.82, 2.24) is 5.32 Å². The van der Waals surface area contributed by atoms with Crippen molar-refractivity contribution in [3.05, 3.63) is 72.9 Å². The normalized spacial score (nSPS) is 14.5. The molecule has 0 aromatic carbocycles. The Kier molecular flexibility index (Phi) is 26.4. The van der Waals surface area contributed by atoms with Gasteiger partial charge in [0.05, 0.1) is 17.9 Å². The maximum absolute atomic E-state index is 12.4. The van der Waals surface area contributed by atoms with Crippen molar-refractivity contribution < 1.29 is 22.9 Å². The minimum absolute atomic E-state index is 0.255. The molecule has 0 saturated heterocycles. The summed E-state index contributed by atoms with van der Waals surface area (Å²) in [5.74, 6) is -1.05. The summed E-state index contributed by atoms with van der Waals surface area (Å²) >= 11 is 0. The molecule has 6 nitrogen and oxygen atoms in total. The van der Waals surface area contributed by atoms with Crippen LogP contribution in [0.3, 0.4) is 0 Å². The van der Waals surface area contributed by atoms with Crippen molar-refractivity contribution >= 4 is 16.0 Å². The first-order valence-electron chi connectivity index (χ1n) is 15.6. The molecule has 0 spiro atoms. The molecule has 7 heteroatoms. The third-order valence-corrected chi connectivity index (χ3v) is 7.15. The van der Waals surface area contributed by atoms with Gasteiger partial charge >= 0.3 is 0 Å². The smallest absolute Gasteiger partial charge is 0.267 e. The van der Waals surface area contributed by atoms with Gasteiger partial charge in [0.2, 0.25) is 5.91 Å². The second kappa shape index (κ2) is 27.9. The van der Waals surface area contributed by atoms with Crippen LogP contribution < -0.4 is 5.32 Å². The second-order valence-corrected chi connectivity index (χ2v) is 11.8. The quantitative estimate of drug-likeness (QED) is 0.0533. The molecule has 2 atom stereocenters. The first-order chi connectivity index (χ1) is 19.8. The lowest BCUT2D eigenvalue weighted by molar-refractivity contribution is -0.122. The van der Waals surface area contributed by atoms with Crippen molar-refractivity contribution in [1.29, 1.82) is 0 Å². The van der Waals surface area contributed by atoms with Gasteiger partial charge in [-0.25, -0.2) is 0 Å². The lowest BCUT2D eigenvalue weighted by atomic mass is 10.1. The lowest BCUT2D eigenvalue weighted by Crippen LogP contribution is -2.46. The van der Waals surface area contributed by atoms with Crippen LogP contribution in [0.1, 0.15) is 117 Å². The number of nitrogens with one attached hydrogen (secondary N) is 1. The molecule has 0 aromatic heterocycles. The van der Waals surface area contributed by atoms with Crippen LogP contribution in [0.2, 0.25) is 0 Å². The van der Waals surface area contributed by atoms with Crippen molar-refractivity contribution in [3.8, 4) is 0 Å². The van der Waals surface area contributed by atoms with E-state index in [0.29, 0.717) is 12.8 Å². The van der Waals surface area contributed by atoms with Gasteiger partial charge in [0.25, 0.3) is 10.1 Å². The van der Waals surface area contributed by atoms with E-state index in [1.54, 1.807) is 6.08 Å². The van der Waals surface area contributed by atoms with Crippen LogP contribution in [-0.4, -0.2) is 41.9 Å². The Bertz CT molecular complexity index is 915. The maximum Gasteiger partial charge on any atom is 0.267 e. The number of hydrogen-bond acceptors (Lipinski definition) is 4. The molecule has 2 unspecified atom stereocenters. The maximum atomic E-state index is 12.4. The molecule has 3 N–H and O–H groups in total. The molecule has 234 valence electrons. The molecular formula is C34H57NO5S. The third kappa shape index (κ3) is 29.1. The highest BCUT2D eigenvalue weighted by Crippen LogP contribution is 2.08. The fourth-order valence-electron chi connectivity index (χ4n) is 4.04. The zero-order valence-corrected chi connectivity index (χ0v) is 26.4. The average molecular weight is 592 g/mol. The number of carbonyl (C=O) groups excluding carboxylic acids is 1. The monoisotopic (exact) mass is 591 g/mol. The van der Waals surface area contributed by atoms with E-state index in [1.165, 1.54) is 25.3 Å². The highest BCUT2D eigenvalue weighted by Gasteiger charge is 2.24. The number of allylic oxidation sites excluding steroid dienone is 11. The molecule has 1 amide bonds. The summed E-state index contributed by atoms with van der Waals surface area (Å²) in [5.41, 5.74) is 0. The molecule has 0 saturated carbocycles. The van der Waals surface area contributed by atoms with Crippen LogP contribution in [0.25, 0.3) is 0 Å². The molecule has 0 bridgehead atoms. The van der Waals surface area contributed by atoms with Crippen LogP contribution in [0.5, 0.6) is 0 Å². The zero-order chi connectivity index (χ0) is 30.4. The first kappa shape index (κ1) is 38.8. The fraction of sp³-hybridized carbons (Fsp3) is 0.618. The number of aliphatic hydroxyl groups excluding tert-OH is 1. The highest BCUT2D eigenvalue weighted by atomic mass is 32.2. The zero-order valence-electron chi connectivity index (χ0n) is 25.6. The Balaban J connectivity index is 4.15. The molecule has 0 aliphatic heterocycles. The Morgan fingerprint density at radius 2 is 1.20 bits per heavy atom. The van der Waals surface area contributed by atoms with E-state index >= 15 is 0 Å². The molecule has 0 rings (SSSR count). The lowest BCUT2D eigenvalue weighted by Gasteiger charge is -2.21. The van der Waals surface area contributed by atoms with Gasteiger partial charge in [-0.3, -0.25) is 9.35 Å². The number of rotatable bonds is 26. The summed E-state index contributed by atoms with van der Waals surface area (Å²) in [6.07, 6.45) is 38.9. The van der Waals surface area contributed by atoms with E-state index in [0.717, 1.165) is 64.2 Å². The van der Waals surface area contributed by atoms with Gasteiger partial charge in [-0.1, -0.05) is 112 Å². The van der Waals surface area contributed by atoms with Crippen molar-refractivity contribution in [2.24, 2.45) is 0 Å². The summed E-state index contributed by atoms with van der Waals surface area (Å²) in [6.45, 7) is 4.31. The molecule has 0 heterocycles. The van der Waals surface area contributed by atoms with E-state index in [-0.39, 0.29) is 12.3 Å². The van der Waals surface area contributed by atoms with Gasteiger partial charge < -0.3 is 10.4 Å². The van der Waals surface area contributed by atoms with Gasteiger partial charge in [-0.05, 0) is 70.6 Å².